The molecule has 15 nitrogen and oxygen atoms in total. The van der Waals surface area contributed by atoms with Crippen LogP contribution in [0.25, 0.3) is 0 Å². The summed E-state index contributed by atoms with van der Waals surface area (Å²) in [5.74, 6) is 0. The molecule has 0 bridgehead atoms. The van der Waals surface area contributed by atoms with Gasteiger partial charge in [-0.1, -0.05) is 36.4 Å². The van der Waals surface area contributed by atoms with Crippen molar-refractivity contribution in [2.45, 2.75) is 98.5 Å². The van der Waals surface area contributed by atoms with Crippen LogP contribution in [0.5, 0.6) is 0 Å². The molecule has 0 radical (unpaired) electrons. The zero-order valence-electron chi connectivity index (χ0n) is 38.9. The van der Waals surface area contributed by atoms with Gasteiger partial charge >= 0.3 is 0 Å². The molecule has 8 N–H and O–H groups in total. The number of nitrogens with one attached hydrogen (secondary N) is 4. The number of allylic oxidation sites excluding steroid dienone is 1. The first-order chi connectivity index (χ1) is 31.1. The van der Waals surface area contributed by atoms with Crippen molar-refractivity contribution in [1.29, 1.82) is 0 Å². The van der Waals surface area contributed by atoms with Crippen molar-refractivity contribution in [3.63, 3.8) is 0 Å². The van der Waals surface area contributed by atoms with Crippen molar-refractivity contribution >= 4 is 28.4 Å². The standard InChI is InChI=1S/C49H71N7O8/c1-9-57-44(58-10-2)52-39-23-17-35(18-24-39)48(36-19-25-40(26-20-36)53-45(59-11-3)60-12-4)33-38(50)34-56(43-31-29-42(30-32-43)55-47(63-15-7)64-16-8)49(48,51)37-21-27-41(28-22-37)54-46(61-13-5)62-14-6/h17-32,34,44-47,52-55H,9-16,33,50-51H2,1-8H3. The topological polar surface area (TPSA) is 177 Å². The summed E-state index contributed by atoms with van der Waals surface area (Å²) in [5.41, 5.74) is 20.5. The summed E-state index contributed by atoms with van der Waals surface area (Å²) in [6, 6.07) is 32.6. The predicted octanol–water partition coefficient (Wildman–Crippen LogP) is 8.57. The first kappa shape index (κ1) is 50.1. The number of benzene rings is 4. The van der Waals surface area contributed by atoms with Gasteiger partial charge in [-0.05, 0) is 133 Å². The van der Waals surface area contributed by atoms with Gasteiger partial charge in [-0.3, -0.25) is 0 Å². The normalized spacial score (nSPS) is 16.1. The minimum absolute atomic E-state index is 0.376. The number of nitrogens with two attached hydrogens (primary N) is 2. The molecule has 5 rings (SSSR count). The fourth-order valence-electron chi connectivity index (χ4n) is 7.96. The molecule has 15 heteroatoms. The van der Waals surface area contributed by atoms with E-state index in [4.69, 9.17) is 49.4 Å². The average molecular weight is 886 g/mol. The largest absolute Gasteiger partial charge is 0.401 e. The van der Waals surface area contributed by atoms with Crippen LogP contribution < -0.4 is 37.6 Å². The molecule has 1 heterocycles. The van der Waals surface area contributed by atoms with E-state index in [0.29, 0.717) is 65.0 Å². The van der Waals surface area contributed by atoms with Gasteiger partial charge in [0.15, 0.2) is 0 Å². The molecule has 1 atom stereocenters. The summed E-state index contributed by atoms with van der Waals surface area (Å²) in [7, 11) is 0. The lowest BCUT2D eigenvalue weighted by Crippen LogP contribution is -2.67. The van der Waals surface area contributed by atoms with Crippen molar-refractivity contribution in [3.8, 4) is 0 Å². The first-order valence-corrected chi connectivity index (χ1v) is 22.6. The van der Waals surface area contributed by atoms with E-state index in [9.17, 15) is 0 Å². The number of hydrogen-bond acceptors (Lipinski definition) is 15. The maximum Gasteiger partial charge on any atom is 0.237 e. The van der Waals surface area contributed by atoms with Gasteiger partial charge < -0.3 is 75.5 Å². The number of hydrogen-bond donors (Lipinski definition) is 6. The number of rotatable bonds is 28. The van der Waals surface area contributed by atoms with Gasteiger partial charge in [0.25, 0.3) is 0 Å². The summed E-state index contributed by atoms with van der Waals surface area (Å²) >= 11 is 0. The highest BCUT2D eigenvalue weighted by atomic mass is 16.7. The predicted molar refractivity (Wildman–Crippen MR) is 254 cm³/mol. The Morgan fingerprint density at radius 3 is 0.984 bits per heavy atom. The maximum atomic E-state index is 8.29. The SMILES string of the molecule is CCOC(Nc1ccc(N2C=C(N)CC(c3ccc(NC(OCC)OCC)cc3)(c3ccc(NC(OCC)OCC)cc3)C2(N)c2ccc(NC(OCC)OCC)cc2)cc1)OCC. The molecule has 0 saturated heterocycles. The van der Waals surface area contributed by atoms with Crippen LogP contribution in [0, 0.1) is 0 Å². The smallest absolute Gasteiger partial charge is 0.237 e. The van der Waals surface area contributed by atoms with Crippen molar-refractivity contribution in [3.05, 3.63) is 126 Å². The lowest BCUT2D eigenvalue weighted by atomic mass is 9.59. The summed E-state index contributed by atoms with van der Waals surface area (Å²) in [5, 5.41) is 13.5. The van der Waals surface area contributed by atoms with Crippen LogP contribution in [-0.2, 0) is 49.0 Å². The molecule has 1 unspecified atom stereocenters. The molecule has 0 saturated carbocycles. The van der Waals surface area contributed by atoms with Crippen LogP contribution in [-0.4, -0.2) is 78.5 Å². The van der Waals surface area contributed by atoms with Crippen molar-refractivity contribution in [2.24, 2.45) is 11.5 Å². The Bertz CT molecular complexity index is 1890. The van der Waals surface area contributed by atoms with Gasteiger partial charge in [0.1, 0.15) is 5.66 Å². The highest BCUT2D eigenvalue weighted by Gasteiger charge is 2.58. The number of ether oxygens (including phenoxy) is 8. The molecular formula is C49H71N7O8. The third kappa shape index (κ3) is 12.2. The third-order valence-corrected chi connectivity index (χ3v) is 10.7. The highest BCUT2D eigenvalue weighted by Crippen LogP contribution is 2.55. The van der Waals surface area contributed by atoms with Gasteiger partial charge in [-0.25, -0.2) is 0 Å². The summed E-state index contributed by atoms with van der Waals surface area (Å²) < 4.78 is 46.5. The second-order valence-corrected chi connectivity index (χ2v) is 14.7. The van der Waals surface area contributed by atoms with E-state index in [2.05, 4.69) is 62.6 Å². The summed E-state index contributed by atoms with van der Waals surface area (Å²) in [6.07, 6.45) is -0.123. The van der Waals surface area contributed by atoms with Gasteiger partial charge in [0.2, 0.25) is 25.7 Å². The van der Waals surface area contributed by atoms with Crippen LogP contribution in [0.4, 0.5) is 28.4 Å². The van der Waals surface area contributed by atoms with Gasteiger partial charge in [0.05, 0.1) is 5.41 Å². The second kappa shape index (κ2) is 24.9. The van der Waals surface area contributed by atoms with E-state index in [0.717, 1.165) is 45.1 Å². The van der Waals surface area contributed by atoms with Crippen LogP contribution >= 0.6 is 0 Å². The van der Waals surface area contributed by atoms with Gasteiger partial charge in [-0.15, -0.1) is 0 Å². The molecule has 1 aliphatic heterocycles. The molecule has 0 amide bonds. The van der Waals surface area contributed by atoms with Crippen LogP contribution in [0.2, 0.25) is 0 Å². The molecule has 1 aliphatic rings. The summed E-state index contributed by atoms with van der Waals surface area (Å²) in [6.45, 7) is 19.4. The van der Waals surface area contributed by atoms with Crippen LogP contribution in [0.1, 0.15) is 78.5 Å². The Kier molecular flexibility index (Phi) is 19.5. The van der Waals surface area contributed by atoms with Crippen LogP contribution in [0.15, 0.2) is 109 Å². The van der Waals surface area contributed by atoms with Gasteiger partial charge in [0, 0.05) is 99.6 Å². The van der Waals surface area contributed by atoms with E-state index >= 15 is 0 Å². The highest BCUT2D eigenvalue weighted by molar-refractivity contribution is 5.67. The number of anilines is 5. The van der Waals surface area contributed by atoms with Crippen LogP contribution in [0.3, 0.4) is 0 Å². The molecule has 64 heavy (non-hydrogen) atoms. The Hall–Kier alpha value is -4.94. The average Bonchev–Trinajstić information content (AvgIpc) is 3.29. The van der Waals surface area contributed by atoms with Crippen molar-refractivity contribution in [2.75, 3.05) is 79.0 Å². The van der Waals surface area contributed by atoms with E-state index in [1.807, 2.05) is 122 Å². The first-order valence-electron chi connectivity index (χ1n) is 22.6. The molecular weight excluding hydrogens is 815 g/mol. The molecule has 4 aromatic rings. The Labute approximate surface area is 380 Å². The van der Waals surface area contributed by atoms with E-state index in [-0.39, 0.29) is 0 Å². The molecule has 4 aromatic carbocycles. The molecule has 0 spiro atoms. The minimum Gasteiger partial charge on any atom is -0.401 e. The number of nitrogens with zero attached hydrogens (tertiary/aromatic N) is 1. The molecule has 0 aromatic heterocycles. The maximum absolute atomic E-state index is 8.29. The molecule has 0 aliphatic carbocycles. The fourth-order valence-corrected chi connectivity index (χ4v) is 7.96. The van der Waals surface area contributed by atoms with Crippen molar-refractivity contribution < 1.29 is 37.9 Å². The molecule has 350 valence electrons. The van der Waals surface area contributed by atoms with E-state index in [1.165, 1.54) is 0 Å². The monoisotopic (exact) mass is 886 g/mol. The Balaban J connectivity index is 1.73. The minimum atomic E-state index is -1.32. The fraction of sp³-hybridized carbons (Fsp3) is 0.469. The second-order valence-electron chi connectivity index (χ2n) is 14.7. The quantitative estimate of drug-likeness (QED) is 0.0299. The molecule has 0 fully saturated rings. The van der Waals surface area contributed by atoms with Gasteiger partial charge in [-0.2, -0.15) is 0 Å². The van der Waals surface area contributed by atoms with E-state index in [1.54, 1.807) is 0 Å². The Morgan fingerprint density at radius 2 is 0.703 bits per heavy atom. The summed E-state index contributed by atoms with van der Waals surface area (Å²) in [4.78, 5) is 2.09. The zero-order valence-corrected chi connectivity index (χ0v) is 38.9. The lowest BCUT2D eigenvalue weighted by molar-refractivity contribution is -0.117. The zero-order chi connectivity index (χ0) is 46.0. The van der Waals surface area contributed by atoms with Crippen molar-refractivity contribution in [1.82, 2.24) is 0 Å². The third-order valence-electron chi connectivity index (χ3n) is 10.7. The lowest BCUT2D eigenvalue weighted by Gasteiger charge is -2.57. The van der Waals surface area contributed by atoms with E-state index < -0.39 is 36.7 Å². The Morgan fingerprint density at radius 1 is 0.438 bits per heavy atom.